The second-order valence-electron chi connectivity index (χ2n) is 17.4. The number of fused-ring (bicyclic) bond motifs is 1. The number of sulfonamides is 1. The van der Waals surface area contributed by atoms with Crippen LogP contribution in [0.1, 0.15) is 49.0 Å². The Balaban J connectivity index is 0.992. The molecule has 0 radical (unpaired) electrons. The van der Waals surface area contributed by atoms with Crippen LogP contribution in [0, 0.1) is 10.3 Å². The number of alkyl halides is 2. The molecule has 5 aromatic rings. The molecule has 0 spiro atoms. The van der Waals surface area contributed by atoms with Crippen molar-refractivity contribution in [2.45, 2.75) is 50.5 Å². The van der Waals surface area contributed by atoms with Crippen molar-refractivity contribution in [2.24, 2.45) is 5.41 Å². The first-order valence-electron chi connectivity index (χ1n) is 21.5. The standard InChI is InChI=1S/C46H51ClF2N8O7S/c1-46(2)15-14-31(37(24-46)30-6-8-32(47)9-7-30)26-54-16-18-56(19-17-54)33-10-12-36(42(22-33)64-41-5-3-4-39-44(41)52-29-51-39)45(58)53-65(61,62)35-11-13-38(40(23-35)57(59)60)50-25-34-27-55(20-21-63-34)28-43(48)49/h3-13,22-23,29,34,43,50H,14-21,24-28H2,1-2H3,(H2-,51,52,53,58,59,60)/p+1. The molecule has 19 heteroatoms. The van der Waals surface area contributed by atoms with Gasteiger partial charge >= 0.3 is 5.69 Å². The number of ether oxygens (including phenoxy) is 2. The summed E-state index contributed by atoms with van der Waals surface area (Å²) in [6.45, 7) is 8.94. The number of morpholine rings is 1. The summed E-state index contributed by atoms with van der Waals surface area (Å²) in [7, 11) is -4.63. The van der Waals surface area contributed by atoms with Crippen molar-refractivity contribution < 1.29 is 41.6 Å². The molecule has 2 saturated heterocycles. The first-order chi connectivity index (χ1) is 31.1. The van der Waals surface area contributed by atoms with E-state index in [0.717, 1.165) is 56.7 Å². The number of halogens is 3. The molecular weight excluding hydrogens is 882 g/mol. The second kappa shape index (κ2) is 19.4. The number of para-hydroxylation sites is 1. The number of hydrogen-bond donors (Lipinski definition) is 4. The highest BCUT2D eigenvalue weighted by Crippen LogP contribution is 2.43. The second-order valence-corrected chi connectivity index (χ2v) is 19.6. The summed E-state index contributed by atoms with van der Waals surface area (Å²) < 4.78 is 67.6. The van der Waals surface area contributed by atoms with Crippen LogP contribution >= 0.6 is 11.6 Å². The predicted molar refractivity (Wildman–Crippen MR) is 244 cm³/mol. The quantitative estimate of drug-likeness (QED) is 0.0745. The van der Waals surface area contributed by atoms with E-state index in [4.69, 9.17) is 21.1 Å². The van der Waals surface area contributed by atoms with E-state index in [1.807, 2.05) is 18.2 Å². The predicted octanol–water partition coefficient (Wildman–Crippen LogP) is 8.09. The van der Waals surface area contributed by atoms with Gasteiger partial charge in [0.1, 0.15) is 17.0 Å². The summed E-state index contributed by atoms with van der Waals surface area (Å²) in [6.07, 6.45) is 1.64. The highest BCUT2D eigenvalue weighted by molar-refractivity contribution is 7.90. The monoisotopic (exact) mass is 933 g/mol. The Kier molecular flexibility index (Phi) is 13.7. The van der Waals surface area contributed by atoms with E-state index in [9.17, 15) is 32.1 Å². The van der Waals surface area contributed by atoms with Crippen LogP contribution < -0.4 is 19.7 Å². The number of allylic oxidation sites excluding steroid dienone is 1. The van der Waals surface area contributed by atoms with Gasteiger partial charge in [0.2, 0.25) is 0 Å². The third kappa shape index (κ3) is 11.1. The third-order valence-electron chi connectivity index (χ3n) is 12.2. The zero-order valence-electron chi connectivity index (χ0n) is 36.1. The van der Waals surface area contributed by atoms with Crippen molar-refractivity contribution in [3.63, 3.8) is 0 Å². The molecule has 1 amide bonds. The average Bonchev–Trinajstić information content (AvgIpc) is 3.77. The summed E-state index contributed by atoms with van der Waals surface area (Å²) >= 11 is 6.24. The average molecular weight is 934 g/mol. The number of nitrogens with one attached hydrogen (secondary N) is 3. The topological polar surface area (TPSA) is 172 Å². The molecule has 0 saturated carbocycles. The minimum atomic E-state index is -4.63. The smallest absolute Gasteiger partial charge is 0.340 e. The minimum absolute atomic E-state index is 0.0554. The van der Waals surface area contributed by atoms with Crippen molar-refractivity contribution in [1.29, 1.82) is 0 Å². The number of rotatable bonds is 15. The van der Waals surface area contributed by atoms with Gasteiger partial charge in [-0.05, 0) is 84.3 Å². The molecule has 1 unspecified atom stereocenters. The number of anilines is 2. The zero-order valence-corrected chi connectivity index (χ0v) is 37.7. The number of aromatic nitrogens is 2. The lowest BCUT2D eigenvalue weighted by atomic mass is 9.72. The Morgan fingerprint density at radius 1 is 1.03 bits per heavy atom. The van der Waals surface area contributed by atoms with Crippen LogP contribution in [0.5, 0.6) is 11.5 Å². The normalized spacial score (nSPS) is 18.6. The van der Waals surface area contributed by atoms with Gasteiger partial charge in [0.15, 0.2) is 5.75 Å². The van der Waals surface area contributed by atoms with Gasteiger partial charge in [-0.2, -0.15) is 0 Å². The maximum atomic E-state index is 14.0. The number of imidazole rings is 1. The van der Waals surface area contributed by atoms with Crippen LogP contribution in [0.2, 0.25) is 5.02 Å². The number of aromatic amines is 1. The molecule has 4 aromatic carbocycles. The van der Waals surface area contributed by atoms with Crippen molar-refractivity contribution in [3.8, 4) is 11.5 Å². The van der Waals surface area contributed by atoms with Crippen LogP contribution in [0.4, 0.5) is 25.8 Å². The number of piperazine rings is 1. The SMILES string of the molecule is CC1(C)CCC(CN2CCN(c3ccc(C(=O)NS(=O)(=O)c4ccc(NCC5CN(CC(F)F)CCO5)c([N+](=O)O)c4)c(Oc4cccc5[nH]cnc45)c3)CC2)=C(c2ccc(Cl)cc2)C1. The summed E-state index contributed by atoms with van der Waals surface area (Å²) in [5, 5.41) is 13.6. The van der Waals surface area contributed by atoms with E-state index < -0.39 is 50.5 Å². The Morgan fingerprint density at radius 3 is 2.57 bits per heavy atom. The van der Waals surface area contributed by atoms with Gasteiger partial charge in [-0.15, -0.1) is 0 Å². The molecule has 3 heterocycles. The van der Waals surface area contributed by atoms with E-state index in [-0.39, 0.29) is 42.1 Å². The van der Waals surface area contributed by atoms with E-state index >= 15 is 0 Å². The van der Waals surface area contributed by atoms with Crippen molar-refractivity contribution in [2.75, 3.05) is 75.7 Å². The van der Waals surface area contributed by atoms with E-state index in [1.165, 1.54) is 35.2 Å². The van der Waals surface area contributed by atoms with Crippen molar-refractivity contribution in [1.82, 2.24) is 24.5 Å². The largest absolute Gasteiger partial charge is 0.454 e. The van der Waals surface area contributed by atoms with Crippen LogP contribution in [-0.4, -0.2) is 122 Å². The fraction of sp³-hybridized carbons (Fsp3) is 0.391. The molecular formula is C46H52ClF2N8O7S+. The van der Waals surface area contributed by atoms with Gasteiger partial charge in [-0.25, -0.2) is 32.1 Å². The van der Waals surface area contributed by atoms with Crippen molar-refractivity contribution in [3.05, 3.63) is 112 Å². The van der Waals surface area contributed by atoms with Crippen LogP contribution in [0.15, 0.2) is 95.7 Å². The molecule has 1 aromatic heterocycles. The lowest BCUT2D eigenvalue weighted by Crippen LogP contribution is -2.47. The van der Waals surface area contributed by atoms with Crippen LogP contribution in [0.3, 0.4) is 0 Å². The molecule has 4 N–H and O–H groups in total. The van der Waals surface area contributed by atoms with Gasteiger partial charge < -0.3 is 24.7 Å². The first kappa shape index (κ1) is 45.9. The Bertz CT molecular complexity index is 2690. The Morgan fingerprint density at radius 2 is 1.82 bits per heavy atom. The highest BCUT2D eigenvalue weighted by atomic mass is 35.5. The number of hydrogen-bond acceptors (Lipinski definition) is 11. The maximum absolute atomic E-state index is 14.0. The first-order valence-corrected chi connectivity index (χ1v) is 23.4. The molecule has 2 fully saturated rings. The van der Waals surface area contributed by atoms with Crippen LogP contribution in [-0.2, 0) is 14.8 Å². The molecule has 0 bridgehead atoms. The number of carbonyl (C=O) groups excluding carboxylic acids is 1. The lowest BCUT2D eigenvalue weighted by molar-refractivity contribution is -0.729. The Labute approximate surface area is 380 Å². The summed E-state index contributed by atoms with van der Waals surface area (Å²) in [5.74, 6) is -0.566. The van der Waals surface area contributed by atoms with E-state index in [2.05, 4.69) is 55.8 Å². The summed E-state index contributed by atoms with van der Waals surface area (Å²) in [6, 6.07) is 21.7. The van der Waals surface area contributed by atoms with Gasteiger partial charge in [-0.1, -0.05) is 49.2 Å². The Hall–Kier alpha value is -5.66. The van der Waals surface area contributed by atoms with Gasteiger partial charge in [0, 0.05) is 75.2 Å². The molecule has 8 rings (SSSR count). The number of carbonyl (C=O) groups is 1. The van der Waals surface area contributed by atoms with Crippen LogP contribution in [0.25, 0.3) is 16.6 Å². The molecule has 2 aliphatic heterocycles. The lowest BCUT2D eigenvalue weighted by Gasteiger charge is -2.39. The van der Waals surface area contributed by atoms with Gasteiger partial charge in [-0.3, -0.25) is 14.6 Å². The van der Waals surface area contributed by atoms with Gasteiger partial charge in [0.05, 0.1) is 46.5 Å². The maximum Gasteiger partial charge on any atom is 0.340 e. The molecule has 344 valence electrons. The number of benzene rings is 4. The highest BCUT2D eigenvalue weighted by Gasteiger charge is 2.32. The number of nitrogens with zero attached hydrogens (tertiary/aromatic N) is 5. The van der Waals surface area contributed by atoms with E-state index in [1.54, 1.807) is 29.2 Å². The molecule has 3 aliphatic rings. The fourth-order valence-electron chi connectivity index (χ4n) is 8.73. The van der Waals surface area contributed by atoms with E-state index in [0.29, 0.717) is 41.4 Å². The van der Waals surface area contributed by atoms with Gasteiger partial charge in [0.25, 0.3) is 27.3 Å². The molecule has 1 aliphatic carbocycles. The minimum Gasteiger partial charge on any atom is -0.454 e. The summed E-state index contributed by atoms with van der Waals surface area (Å²) in [5.41, 5.74) is 5.77. The summed E-state index contributed by atoms with van der Waals surface area (Å²) in [4.78, 5) is 38.9. The molecule has 1 atom stereocenters. The molecule has 15 nitrogen and oxygen atoms in total. The fourth-order valence-corrected chi connectivity index (χ4v) is 9.84. The number of H-pyrrole nitrogens is 1. The number of amides is 1. The molecule has 65 heavy (non-hydrogen) atoms. The third-order valence-corrected chi connectivity index (χ3v) is 13.8. The van der Waals surface area contributed by atoms with Crippen molar-refractivity contribution >= 4 is 61.2 Å². The zero-order chi connectivity index (χ0) is 45.9.